The van der Waals surface area contributed by atoms with Crippen molar-refractivity contribution in [2.45, 2.75) is 19.4 Å². The van der Waals surface area contributed by atoms with Gasteiger partial charge in [-0.1, -0.05) is 35.9 Å². The average molecular weight is 485 g/mol. The standard InChI is InChI=1S/C25H32N4O4S/c1-19-5-7-20(8-6-19)22-16-21(23-4-3-15-34-23)26-29(22)24(30)17-28(25(31)18-32-2)10-9-27-11-13-33-14-12-27/h3-8,15,22H,9-14,16-18H2,1-2H3/t22-/m1/s1. The maximum Gasteiger partial charge on any atom is 0.262 e. The number of aryl methyl sites for hydroxylation is 1. The van der Waals surface area contributed by atoms with E-state index in [0.717, 1.165) is 29.2 Å². The minimum atomic E-state index is -0.197. The summed E-state index contributed by atoms with van der Waals surface area (Å²) in [6.45, 7) is 6.15. The molecule has 2 aliphatic rings. The molecule has 1 fully saturated rings. The minimum absolute atomic E-state index is 0.0316. The van der Waals surface area contributed by atoms with Crippen molar-refractivity contribution in [1.82, 2.24) is 14.8 Å². The number of carbonyl (C=O) groups is 2. The number of carbonyl (C=O) groups excluding carboxylic acids is 2. The molecule has 182 valence electrons. The summed E-state index contributed by atoms with van der Waals surface area (Å²) in [6.07, 6.45) is 0.648. The first-order chi connectivity index (χ1) is 16.5. The van der Waals surface area contributed by atoms with Crippen LogP contribution in [-0.2, 0) is 19.1 Å². The van der Waals surface area contributed by atoms with Crippen LogP contribution in [0.15, 0.2) is 46.9 Å². The molecule has 4 rings (SSSR count). The monoisotopic (exact) mass is 484 g/mol. The molecule has 1 aromatic carbocycles. The van der Waals surface area contributed by atoms with E-state index >= 15 is 0 Å². The van der Waals surface area contributed by atoms with Crippen LogP contribution in [0.3, 0.4) is 0 Å². The highest BCUT2D eigenvalue weighted by Crippen LogP contribution is 2.34. The topological polar surface area (TPSA) is 74.7 Å². The molecule has 0 saturated carbocycles. The Balaban J connectivity index is 1.51. The number of nitrogens with zero attached hydrogens (tertiary/aromatic N) is 4. The molecule has 0 spiro atoms. The zero-order valence-electron chi connectivity index (χ0n) is 19.8. The molecule has 3 heterocycles. The Kier molecular flexibility index (Phi) is 8.44. The van der Waals surface area contributed by atoms with E-state index in [2.05, 4.69) is 29.2 Å². The van der Waals surface area contributed by atoms with Crippen LogP contribution >= 0.6 is 11.3 Å². The first-order valence-corrected chi connectivity index (χ1v) is 12.5. The first-order valence-electron chi connectivity index (χ1n) is 11.6. The maximum atomic E-state index is 13.5. The van der Waals surface area contributed by atoms with Gasteiger partial charge in [-0.25, -0.2) is 5.01 Å². The summed E-state index contributed by atoms with van der Waals surface area (Å²) in [5.41, 5.74) is 3.10. The normalized spacial score (nSPS) is 18.7. The molecule has 1 atom stereocenters. The van der Waals surface area contributed by atoms with Crippen molar-refractivity contribution in [2.24, 2.45) is 5.10 Å². The van der Waals surface area contributed by atoms with E-state index in [-0.39, 0.29) is 31.0 Å². The van der Waals surface area contributed by atoms with E-state index in [4.69, 9.17) is 14.6 Å². The summed E-state index contributed by atoms with van der Waals surface area (Å²) < 4.78 is 10.5. The van der Waals surface area contributed by atoms with Crippen LogP contribution in [0.5, 0.6) is 0 Å². The second-order valence-electron chi connectivity index (χ2n) is 8.60. The highest BCUT2D eigenvalue weighted by Gasteiger charge is 2.34. The van der Waals surface area contributed by atoms with Gasteiger partial charge in [-0.15, -0.1) is 11.3 Å². The lowest BCUT2D eigenvalue weighted by molar-refractivity contribution is -0.143. The molecule has 0 bridgehead atoms. The van der Waals surface area contributed by atoms with Crippen LogP contribution in [0, 0.1) is 6.92 Å². The molecule has 2 aliphatic heterocycles. The van der Waals surface area contributed by atoms with E-state index in [1.807, 2.05) is 24.4 Å². The largest absolute Gasteiger partial charge is 0.379 e. The molecule has 0 radical (unpaired) electrons. The van der Waals surface area contributed by atoms with Gasteiger partial charge in [-0.05, 0) is 23.9 Å². The Bertz CT molecular complexity index is 987. The van der Waals surface area contributed by atoms with Crippen molar-refractivity contribution in [3.05, 3.63) is 57.8 Å². The molecule has 8 nitrogen and oxygen atoms in total. The molecule has 2 aromatic rings. The highest BCUT2D eigenvalue weighted by atomic mass is 32.1. The van der Waals surface area contributed by atoms with Crippen molar-refractivity contribution in [3.63, 3.8) is 0 Å². The SMILES string of the molecule is COCC(=O)N(CCN1CCOCC1)CC(=O)N1N=C(c2cccs2)C[C@@H]1c1ccc(C)cc1. The Labute approximate surface area is 204 Å². The van der Waals surface area contributed by atoms with Crippen LogP contribution in [-0.4, -0.2) is 92.0 Å². The second-order valence-corrected chi connectivity index (χ2v) is 9.54. The Morgan fingerprint density at radius 3 is 2.65 bits per heavy atom. The summed E-state index contributed by atoms with van der Waals surface area (Å²) in [5.74, 6) is -0.388. The lowest BCUT2D eigenvalue weighted by Crippen LogP contribution is -2.47. The number of amides is 2. The number of morpholine rings is 1. The van der Waals surface area contributed by atoms with Crippen LogP contribution in [0.4, 0.5) is 0 Å². The van der Waals surface area contributed by atoms with Crippen molar-refractivity contribution in [3.8, 4) is 0 Å². The Morgan fingerprint density at radius 1 is 1.21 bits per heavy atom. The first kappa shape index (κ1) is 24.5. The van der Waals surface area contributed by atoms with E-state index in [9.17, 15) is 9.59 Å². The molecular weight excluding hydrogens is 452 g/mol. The number of thiophene rings is 1. The van der Waals surface area contributed by atoms with Gasteiger partial charge in [0.2, 0.25) is 5.91 Å². The van der Waals surface area contributed by atoms with Gasteiger partial charge in [0.15, 0.2) is 0 Å². The highest BCUT2D eigenvalue weighted by molar-refractivity contribution is 7.12. The predicted molar refractivity (Wildman–Crippen MR) is 132 cm³/mol. The number of hydrogen-bond donors (Lipinski definition) is 0. The van der Waals surface area contributed by atoms with E-state index in [1.54, 1.807) is 21.2 Å². The molecule has 34 heavy (non-hydrogen) atoms. The number of hydrazone groups is 1. The quantitative estimate of drug-likeness (QED) is 0.547. The predicted octanol–water partition coefficient (Wildman–Crippen LogP) is 2.54. The zero-order chi connectivity index (χ0) is 23.9. The van der Waals surface area contributed by atoms with Crippen LogP contribution < -0.4 is 0 Å². The van der Waals surface area contributed by atoms with Gasteiger partial charge in [0.05, 0.1) is 29.8 Å². The van der Waals surface area contributed by atoms with Gasteiger partial charge in [-0.2, -0.15) is 5.10 Å². The third-order valence-electron chi connectivity index (χ3n) is 6.17. The molecule has 2 amide bonds. The lowest BCUT2D eigenvalue weighted by Gasteiger charge is -2.31. The fourth-order valence-electron chi connectivity index (χ4n) is 4.21. The number of benzene rings is 1. The zero-order valence-corrected chi connectivity index (χ0v) is 20.6. The summed E-state index contributed by atoms with van der Waals surface area (Å²) in [5, 5.41) is 8.32. The van der Waals surface area contributed by atoms with E-state index in [0.29, 0.717) is 32.7 Å². The van der Waals surface area contributed by atoms with Crippen molar-refractivity contribution < 1.29 is 19.1 Å². The van der Waals surface area contributed by atoms with Crippen molar-refractivity contribution in [2.75, 3.05) is 59.7 Å². The van der Waals surface area contributed by atoms with Gasteiger partial charge in [0.1, 0.15) is 13.2 Å². The fourth-order valence-corrected chi connectivity index (χ4v) is 4.93. The van der Waals surface area contributed by atoms with Crippen molar-refractivity contribution >= 4 is 28.9 Å². The third-order valence-corrected chi connectivity index (χ3v) is 7.09. The smallest absolute Gasteiger partial charge is 0.262 e. The van der Waals surface area contributed by atoms with E-state index in [1.165, 1.54) is 12.7 Å². The van der Waals surface area contributed by atoms with E-state index < -0.39 is 0 Å². The lowest BCUT2D eigenvalue weighted by atomic mass is 10.00. The number of ether oxygens (including phenoxy) is 2. The molecular formula is C25H32N4O4S. The average Bonchev–Trinajstić information content (AvgIpc) is 3.53. The molecule has 1 aromatic heterocycles. The van der Waals surface area contributed by atoms with Crippen molar-refractivity contribution in [1.29, 1.82) is 0 Å². The van der Waals surface area contributed by atoms with Gasteiger partial charge >= 0.3 is 0 Å². The number of rotatable bonds is 9. The van der Waals surface area contributed by atoms with Crippen LogP contribution in [0.2, 0.25) is 0 Å². The molecule has 9 heteroatoms. The second kappa shape index (κ2) is 11.7. The summed E-state index contributed by atoms with van der Waals surface area (Å²) in [4.78, 5) is 31.2. The van der Waals surface area contributed by atoms with Gasteiger partial charge in [0.25, 0.3) is 5.91 Å². The molecule has 0 N–H and O–H groups in total. The number of methoxy groups -OCH3 is 1. The minimum Gasteiger partial charge on any atom is -0.379 e. The number of hydrogen-bond acceptors (Lipinski definition) is 7. The van der Waals surface area contributed by atoms with Gasteiger partial charge < -0.3 is 14.4 Å². The Hall–Kier alpha value is -2.59. The summed E-state index contributed by atoms with van der Waals surface area (Å²) in [7, 11) is 1.49. The van der Waals surface area contributed by atoms with Gasteiger partial charge in [0, 0.05) is 39.7 Å². The van der Waals surface area contributed by atoms with Gasteiger partial charge in [-0.3, -0.25) is 14.5 Å². The molecule has 0 aliphatic carbocycles. The summed E-state index contributed by atoms with van der Waals surface area (Å²) in [6, 6.07) is 12.0. The molecule has 0 unspecified atom stereocenters. The molecule has 1 saturated heterocycles. The van der Waals surface area contributed by atoms with Crippen LogP contribution in [0.1, 0.15) is 28.5 Å². The summed E-state index contributed by atoms with van der Waals surface area (Å²) >= 11 is 1.62. The third kappa shape index (κ3) is 6.09. The maximum absolute atomic E-state index is 13.5. The van der Waals surface area contributed by atoms with Crippen LogP contribution in [0.25, 0.3) is 0 Å². The fraction of sp³-hybridized carbons (Fsp3) is 0.480. The Morgan fingerprint density at radius 2 is 1.97 bits per heavy atom.